The molecule has 3 heterocycles. The van der Waals surface area contributed by atoms with Crippen molar-refractivity contribution < 1.29 is 4.79 Å². The summed E-state index contributed by atoms with van der Waals surface area (Å²) in [6.45, 7) is 2.51. The first-order chi connectivity index (χ1) is 12.8. The van der Waals surface area contributed by atoms with Crippen LogP contribution in [0.1, 0.15) is 35.2 Å². The van der Waals surface area contributed by atoms with Crippen LogP contribution in [-0.4, -0.2) is 40.4 Å². The van der Waals surface area contributed by atoms with Crippen LogP contribution in [0.5, 0.6) is 0 Å². The molecule has 1 aliphatic heterocycles. The number of aromatic amines is 1. The predicted molar refractivity (Wildman–Crippen MR) is 104 cm³/mol. The molecule has 26 heavy (non-hydrogen) atoms. The van der Waals surface area contributed by atoms with Gasteiger partial charge in [0.2, 0.25) is 0 Å². The van der Waals surface area contributed by atoms with E-state index < -0.39 is 0 Å². The molecule has 0 radical (unpaired) electrons. The molecule has 3 aromatic rings. The Morgan fingerprint density at radius 3 is 2.88 bits per heavy atom. The van der Waals surface area contributed by atoms with Crippen LogP contribution >= 0.6 is 0 Å². The molecule has 1 saturated heterocycles. The molecule has 134 valence electrons. The largest absolute Gasteiger partial charge is 0.383 e. The highest BCUT2D eigenvalue weighted by atomic mass is 16.2. The van der Waals surface area contributed by atoms with E-state index in [0.717, 1.165) is 44.6 Å². The monoisotopic (exact) mass is 348 g/mol. The van der Waals surface area contributed by atoms with Crippen molar-refractivity contribution in [1.82, 2.24) is 14.9 Å². The number of carbonyl (C=O) groups excluding carboxylic acids is 1. The normalized spacial score (nSPS) is 14.5. The minimum Gasteiger partial charge on any atom is -0.383 e. The number of rotatable bonds is 5. The predicted octanol–water partition coefficient (Wildman–Crippen LogP) is 3.84. The second kappa shape index (κ2) is 7.60. The van der Waals surface area contributed by atoms with Crippen LogP contribution in [0.4, 0.5) is 5.69 Å². The van der Waals surface area contributed by atoms with Gasteiger partial charge in [-0.15, -0.1) is 0 Å². The van der Waals surface area contributed by atoms with Crippen molar-refractivity contribution in [3.05, 3.63) is 60.0 Å². The third-order valence-corrected chi connectivity index (χ3v) is 5.03. The topological polar surface area (TPSA) is 61.0 Å². The molecule has 1 fully saturated rings. The minimum absolute atomic E-state index is 0.0949. The van der Waals surface area contributed by atoms with Gasteiger partial charge in [-0.1, -0.05) is 18.2 Å². The number of aromatic nitrogens is 2. The van der Waals surface area contributed by atoms with Gasteiger partial charge in [0, 0.05) is 49.1 Å². The summed E-state index contributed by atoms with van der Waals surface area (Å²) in [4.78, 5) is 22.1. The van der Waals surface area contributed by atoms with E-state index in [1.165, 1.54) is 22.9 Å². The summed E-state index contributed by atoms with van der Waals surface area (Å²) < 4.78 is 0. The Kier molecular flexibility index (Phi) is 4.86. The molecule has 0 aliphatic carbocycles. The van der Waals surface area contributed by atoms with Gasteiger partial charge in [0.25, 0.3) is 5.91 Å². The molecule has 0 atom stereocenters. The van der Waals surface area contributed by atoms with Crippen LogP contribution in [0.2, 0.25) is 0 Å². The second-order valence-electron chi connectivity index (χ2n) is 6.85. The van der Waals surface area contributed by atoms with Crippen LogP contribution in [0, 0.1) is 0 Å². The van der Waals surface area contributed by atoms with E-state index in [0.29, 0.717) is 5.56 Å². The first-order valence-corrected chi connectivity index (χ1v) is 9.34. The molecule has 5 nitrogen and oxygen atoms in total. The third kappa shape index (κ3) is 3.57. The number of anilines is 1. The second-order valence-corrected chi connectivity index (χ2v) is 6.85. The number of benzene rings is 1. The number of amides is 1. The number of para-hydroxylation sites is 1. The van der Waals surface area contributed by atoms with Gasteiger partial charge in [0.05, 0.1) is 11.3 Å². The van der Waals surface area contributed by atoms with E-state index in [1.807, 2.05) is 17.0 Å². The van der Waals surface area contributed by atoms with Crippen LogP contribution in [0.15, 0.2) is 48.9 Å². The Bertz CT molecular complexity index is 896. The molecule has 1 aliphatic rings. The number of nitrogens with zero attached hydrogens (tertiary/aromatic N) is 2. The van der Waals surface area contributed by atoms with E-state index in [9.17, 15) is 4.79 Å². The van der Waals surface area contributed by atoms with Gasteiger partial charge in [-0.05, 0) is 43.4 Å². The van der Waals surface area contributed by atoms with Gasteiger partial charge in [0.15, 0.2) is 0 Å². The maximum absolute atomic E-state index is 12.6. The zero-order chi connectivity index (χ0) is 17.8. The zero-order valence-corrected chi connectivity index (χ0v) is 14.9. The lowest BCUT2D eigenvalue weighted by molar-refractivity contribution is 0.0724. The number of carbonyl (C=O) groups is 1. The zero-order valence-electron chi connectivity index (χ0n) is 14.9. The molecular formula is C21H24N4O. The van der Waals surface area contributed by atoms with Gasteiger partial charge in [-0.2, -0.15) is 0 Å². The summed E-state index contributed by atoms with van der Waals surface area (Å²) in [6, 6.07) is 10.2. The lowest BCUT2D eigenvalue weighted by Crippen LogP contribution is -2.35. The molecule has 2 aromatic heterocycles. The van der Waals surface area contributed by atoms with Gasteiger partial charge in [-0.25, -0.2) is 0 Å². The van der Waals surface area contributed by atoms with Crippen molar-refractivity contribution in [2.24, 2.45) is 0 Å². The summed E-state index contributed by atoms with van der Waals surface area (Å²) in [6.07, 6.45) is 9.85. The summed E-state index contributed by atoms with van der Waals surface area (Å²) in [5, 5.41) is 4.66. The highest BCUT2D eigenvalue weighted by Crippen LogP contribution is 2.19. The molecule has 1 aromatic carbocycles. The molecule has 5 heteroatoms. The van der Waals surface area contributed by atoms with Crippen molar-refractivity contribution in [2.75, 3.05) is 25.0 Å². The molecule has 4 rings (SSSR count). The summed E-state index contributed by atoms with van der Waals surface area (Å²) in [7, 11) is 0. The van der Waals surface area contributed by atoms with Gasteiger partial charge >= 0.3 is 0 Å². The fourth-order valence-corrected chi connectivity index (χ4v) is 3.61. The molecule has 1 amide bonds. The highest BCUT2D eigenvalue weighted by Gasteiger charge is 2.18. The van der Waals surface area contributed by atoms with Crippen molar-refractivity contribution in [3.8, 4) is 0 Å². The van der Waals surface area contributed by atoms with E-state index in [1.54, 1.807) is 12.4 Å². The maximum Gasteiger partial charge on any atom is 0.255 e. The van der Waals surface area contributed by atoms with Gasteiger partial charge in [0.1, 0.15) is 0 Å². The standard InChI is InChI=1S/C21H24N4O/c26-21(25-10-4-1-5-11-25)17-12-18(15-22-13-17)23-9-8-16-14-24-20-7-3-2-6-19(16)20/h2-3,6-7,12-15,23-24H,1,4-5,8-11H2. The van der Waals surface area contributed by atoms with E-state index in [4.69, 9.17) is 0 Å². The number of pyridine rings is 1. The quantitative estimate of drug-likeness (QED) is 0.736. The summed E-state index contributed by atoms with van der Waals surface area (Å²) in [5.41, 5.74) is 4.02. The minimum atomic E-state index is 0.0949. The summed E-state index contributed by atoms with van der Waals surface area (Å²) in [5.74, 6) is 0.0949. The summed E-state index contributed by atoms with van der Waals surface area (Å²) >= 11 is 0. The number of H-pyrrole nitrogens is 1. The molecule has 0 bridgehead atoms. The van der Waals surface area contributed by atoms with E-state index in [2.05, 4.69) is 39.7 Å². The van der Waals surface area contributed by atoms with Crippen molar-refractivity contribution in [2.45, 2.75) is 25.7 Å². The van der Waals surface area contributed by atoms with Crippen molar-refractivity contribution >= 4 is 22.5 Å². The smallest absolute Gasteiger partial charge is 0.255 e. The van der Waals surface area contributed by atoms with Gasteiger partial charge < -0.3 is 15.2 Å². The van der Waals surface area contributed by atoms with Crippen LogP contribution in [-0.2, 0) is 6.42 Å². The maximum atomic E-state index is 12.6. The van der Waals surface area contributed by atoms with Crippen LogP contribution in [0.25, 0.3) is 10.9 Å². The lowest BCUT2D eigenvalue weighted by Gasteiger charge is -2.26. The third-order valence-electron chi connectivity index (χ3n) is 5.03. The van der Waals surface area contributed by atoms with Crippen LogP contribution in [0.3, 0.4) is 0 Å². The van der Waals surface area contributed by atoms with E-state index >= 15 is 0 Å². The number of nitrogens with one attached hydrogen (secondary N) is 2. The SMILES string of the molecule is O=C(c1cncc(NCCc2c[nH]c3ccccc23)c1)N1CCCCC1. The number of likely N-dealkylation sites (tertiary alicyclic amines) is 1. The number of hydrogen-bond acceptors (Lipinski definition) is 3. The number of fused-ring (bicyclic) bond motifs is 1. The average molecular weight is 348 g/mol. The Hall–Kier alpha value is -2.82. The number of hydrogen-bond donors (Lipinski definition) is 2. The fourth-order valence-electron chi connectivity index (χ4n) is 3.61. The highest BCUT2D eigenvalue weighted by molar-refractivity contribution is 5.94. The molecule has 2 N–H and O–H groups in total. The Morgan fingerprint density at radius 1 is 1.15 bits per heavy atom. The first kappa shape index (κ1) is 16.6. The Morgan fingerprint density at radius 2 is 2.00 bits per heavy atom. The number of piperidine rings is 1. The fraction of sp³-hybridized carbons (Fsp3) is 0.333. The molecule has 0 unspecified atom stereocenters. The Balaban J connectivity index is 1.38. The van der Waals surface area contributed by atoms with Gasteiger partial charge in [-0.3, -0.25) is 9.78 Å². The molecule has 0 saturated carbocycles. The van der Waals surface area contributed by atoms with Crippen molar-refractivity contribution in [3.63, 3.8) is 0 Å². The Labute approximate surface area is 153 Å². The average Bonchev–Trinajstić information content (AvgIpc) is 3.12. The van der Waals surface area contributed by atoms with Crippen LogP contribution < -0.4 is 5.32 Å². The van der Waals surface area contributed by atoms with E-state index in [-0.39, 0.29) is 5.91 Å². The first-order valence-electron chi connectivity index (χ1n) is 9.34. The lowest BCUT2D eigenvalue weighted by atomic mass is 10.1. The van der Waals surface area contributed by atoms with Crippen molar-refractivity contribution in [1.29, 1.82) is 0 Å². The molecule has 0 spiro atoms. The molecular weight excluding hydrogens is 324 g/mol.